The molecule has 0 unspecified atom stereocenters. The highest BCUT2D eigenvalue weighted by Gasteiger charge is 2.40. The Morgan fingerprint density at radius 3 is 2.54 bits per heavy atom. The van der Waals surface area contributed by atoms with Crippen LogP contribution in [0.25, 0.3) is 0 Å². The van der Waals surface area contributed by atoms with E-state index < -0.39 is 11.8 Å². The lowest BCUT2D eigenvalue weighted by Gasteiger charge is -2.34. The third-order valence-electron chi connectivity index (χ3n) is 1.93. The van der Waals surface area contributed by atoms with Crippen molar-refractivity contribution in [3.8, 4) is 0 Å². The molecule has 0 spiro atoms. The van der Waals surface area contributed by atoms with Gasteiger partial charge in [0.05, 0.1) is 19.8 Å². The van der Waals surface area contributed by atoms with Crippen LogP contribution >= 0.6 is 0 Å². The van der Waals surface area contributed by atoms with E-state index in [2.05, 4.69) is 0 Å². The van der Waals surface area contributed by atoms with Crippen LogP contribution in [0.15, 0.2) is 0 Å². The highest BCUT2D eigenvalue weighted by molar-refractivity contribution is 5.77. The van der Waals surface area contributed by atoms with E-state index in [0.29, 0.717) is 25.7 Å². The van der Waals surface area contributed by atoms with E-state index in [4.69, 9.17) is 14.2 Å². The average Bonchev–Trinajstić information content (AvgIpc) is 2.11. The van der Waals surface area contributed by atoms with Crippen LogP contribution in [0.2, 0.25) is 0 Å². The van der Waals surface area contributed by atoms with Crippen molar-refractivity contribution in [3.05, 3.63) is 0 Å². The molecular formula is C9H16O4. The van der Waals surface area contributed by atoms with Crippen LogP contribution in [-0.2, 0) is 19.0 Å². The van der Waals surface area contributed by atoms with E-state index in [-0.39, 0.29) is 0 Å². The van der Waals surface area contributed by atoms with E-state index in [0.717, 1.165) is 0 Å². The minimum Gasteiger partial charge on any atom is -0.462 e. The average molecular weight is 188 g/mol. The summed E-state index contributed by atoms with van der Waals surface area (Å²) in [7, 11) is 0. The molecule has 76 valence electrons. The molecule has 0 aromatic heterocycles. The van der Waals surface area contributed by atoms with Crippen LogP contribution in [0.3, 0.4) is 0 Å². The Balaban J connectivity index is 2.51. The zero-order valence-corrected chi connectivity index (χ0v) is 8.33. The second kappa shape index (κ2) is 4.07. The van der Waals surface area contributed by atoms with Crippen LogP contribution in [0.4, 0.5) is 0 Å². The summed E-state index contributed by atoms with van der Waals surface area (Å²) in [5.41, 5.74) is 0. The van der Waals surface area contributed by atoms with Crippen LogP contribution < -0.4 is 0 Å². The molecule has 0 aromatic carbocycles. The van der Waals surface area contributed by atoms with Crippen molar-refractivity contribution in [2.45, 2.75) is 26.6 Å². The molecule has 1 saturated heterocycles. The van der Waals surface area contributed by atoms with E-state index in [1.54, 1.807) is 13.8 Å². The Morgan fingerprint density at radius 1 is 1.54 bits per heavy atom. The van der Waals surface area contributed by atoms with Crippen LogP contribution in [-0.4, -0.2) is 31.6 Å². The summed E-state index contributed by atoms with van der Waals surface area (Å²) in [5.74, 6) is -1.30. The van der Waals surface area contributed by atoms with E-state index in [9.17, 15) is 4.79 Å². The first kappa shape index (κ1) is 10.5. The zero-order chi connectivity index (χ0) is 9.90. The molecule has 0 saturated carbocycles. The van der Waals surface area contributed by atoms with Gasteiger partial charge in [-0.05, 0) is 6.92 Å². The highest BCUT2D eigenvalue weighted by Crippen LogP contribution is 2.22. The van der Waals surface area contributed by atoms with Gasteiger partial charge in [-0.1, -0.05) is 6.92 Å². The molecule has 4 nitrogen and oxygen atoms in total. The van der Waals surface area contributed by atoms with Crippen LogP contribution in [0.1, 0.15) is 20.8 Å². The van der Waals surface area contributed by atoms with Gasteiger partial charge in [0.1, 0.15) is 0 Å². The Hall–Kier alpha value is -0.610. The Bertz CT molecular complexity index is 182. The molecule has 0 aromatic rings. The number of carbonyl (C=O) groups is 1. The Labute approximate surface area is 78.2 Å². The first-order valence-corrected chi connectivity index (χ1v) is 4.53. The van der Waals surface area contributed by atoms with E-state index in [1.807, 2.05) is 6.92 Å². The van der Waals surface area contributed by atoms with Crippen molar-refractivity contribution >= 4 is 5.97 Å². The third kappa shape index (κ3) is 2.42. The monoisotopic (exact) mass is 188 g/mol. The van der Waals surface area contributed by atoms with Crippen molar-refractivity contribution in [3.63, 3.8) is 0 Å². The second-order valence-corrected chi connectivity index (χ2v) is 3.39. The number of ether oxygens (including phenoxy) is 3. The molecule has 0 bridgehead atoms. The summed E-state index contributed by atoms with van der Waals surface area (Å²) in [4.78, 5) is 11.4. The lowest BCUT2D eigenvalue weighted by molar-refractivity contribution is -0.271. The molecular weight excluding hydrogens is 172 g/mol. The summed E-state index contributed by atoms with van der Waals surface area (Å²) >= 11 is 0. The summed E-state index contributed by atoms with van der Waals surface area (Å²) in [6.45, 7) is 6.77. The normalized spacial score (nSPS) is 34.2. The van der Waals surface area contributed by atoms with Crippen molar-refractivity contribution in [1.29, 1.82) is 0 Å². The van der Waals surface area contributed by atoms with Gasteiger partial charge in [-0.2, -0.15) is 0 Å². The topological polar surface area (TPSA) is 44.8 Å². The summed E-state index contributed by atoms with van der Waals surface area (Å²) in [6, 6.07) is 0. The first-order chi connectivity index (χ1) is 6.08. The van der Waals surface area contributed by atoms with Gasteiger partial charge in [-0.15, -0.1) is 0 Å². The quantitative estimate of drug-likeness (QED) is 0.605. The van der Waals surface area contributed by atoms with Crippen LogP contribution in [0.5, 0.6) is 0 Å². The van der Waals surface area contributed by atoms with Crippen molar-refractivity contribution < 1.29 is 19.0 Å². The number of hydrogen-bond donors (Lipinski definition) is 0. The lowest BCUT2D eigenvalue weighted by Crippen LogP contribution is -2.48. The maximum atomic E-state index is 11.4. The first-order valence-electron chi connectivity index (χ1n) is 4.53. The molecule has 13 heavy (non-hydrogen) atoms. The third-order valence-corrected chi connectivity index (χ3v) is 1.93. The van der Waals surface area contributed by atoms with E-state index in [1.165, 1.54) is 0 Å². The van der Waals surface area contributed by atoms with Gasteiger partial charge >= 0.3 is 5.97 Å². The molecule has 0 N–H and O–H groups in total. The van der Waals surface area contributed by atoms with Gasteiger partial charge in [0, 0.05) is 12.8 Å². The predicted octanol–water partition coefficient (Wildman–Crippen LogP) is 0.949. The molecule has 0 amide bonds. The van der Waals surface area contributed by atoms with Gasteiger partial charge in [-0.3, -0.25) is 0 Å². The van der Waals surface area contributed by atoms with Crippen molar-refractivity contribution in [2.75, 3.05) is 19.8 Å². The lowest BCUT2D eigenvalue weighted by atomic mass is 10.2. The fraction of sp³-hybridized carbons (Fsp3) is 0.889. The highest BCUT2D eigenvalue weighted by atomic mass is 16.7. The predicted molar refractivity (Wildman–Crippen MR) is 46.1 cm³/mol. The van der Waals surface area contributed by atoms with Gasteiger partial charge in [0.15, 0.2) is 0 Å². The molecule has 1 aliphatic rings. The van der Waals surface area contributed by atoms with Gasteiger partial charge in [0.25, 0.3) is 5.79 Å². The SMILES string of the molecule is CCOC(=O)C1(C)OCC(C)CO1. The number of esters is 1. The molecule has 1 aliphatic heterocycles. The van der Waals surface area contributed by atoms with Crippen molar-refractivity contribution in [2.24, 2.45) is 5.92 Å². The number of rotatable bonds is 2. The summed E-state index contributed by atoms with van der Waals surface area (Å²) in [5, 5.41) is 0. The summed E-state index contributed by atoms with van der Waals surface area (Å²) < 4.78 is 15.4. The largest absolute Gasteiger partial charge is 0.462 e. The second-order valence-electron chi connectivity index (χ2n) is 3.39. The molecule has 0 radical (unpaired) electrons. The molecule has 1 heterocycles. The van der Waals surface area contributed by atoms with Crippen molar-refractivity contribution in [1.82, 2.24) is 0 Å². The molecule has 4 heteroatoms. The smallest absolute Gasteiger partial charge is 0.366 e. The molecule has 1 rings (SSSR count). The minimum absolute atomic E-state index is 0.336. The Morgan fingerprint density at radius 2 is 2.08 bits per heavy atom. The fourth-order valence-corrected chi connectivity index (χ4v) is 1.07. The van der Waals surface area contributed by atoms with E-state index >= 15 is 0 Å². The Kier molecular flexibility index (Phi) is 3.27. The maximum Gasteiger partial charge on any atom is 0.366 e. The maximum absolute atomic E-state index is 11.4. The number of carbonyl (C=O) groups excluding carboxylic acids is 1. The van der Waals surface area contributed by atoms with Crippen LogP contribution in [0, 0.1) is 5.92 Å². The zero-order valence-electron chi connectivity index (χ0n) is 8.33. The summed E-state index contributed by atoms with van der Waals surface area (Å²) in [6.07, 6.45) is 0. The molecule has 0 aliphatic carbocycles. The van der Waals surface area contributed by atoms with Gasteiger partial charge < -0.3 is 14.2 Å². The molecule has 1 fully saturated rings. The number of hydrogen-bond acceptors (Lipinski definition) is 4. The van der Waals surface area contributed by atoms with Gasteiger partial charge in [0.2, 0.25) is 0 Å². The molecule has 0 atom stereocenters. The van der Waals surface area contributed by atoms with Gasteiger partial charge in [-0.25, -0.2) is 4.79 Å². The minimum atomic E-state index is -1.19. The standard InChI is InChI=1S/C9H16O4/c1-4-11-8(10)9(3)12-5-7(2)6-13-9/h7H,4-6H2,1-3H3. The fourth-order valence-electron chi connectivity index (χ4n) is 1.07.